The molecule has 0 unspecified atom stereocenters. The monoisotopic (exact) mass is 301 g/mol. The smallest absolute Gasteiger partial charge is 0.323 e. The molecule has 0 atom stereocenters. The van der Waals surface area contributed by atoms with Crippen LogP contribution in [0.3, 0.4) is 0 Å². The van der Waals surface area contributed by atoms with Gasteiger partial charge >= 0.3 is 5.97 Å². The molecule has 0 radical (unpaired) electrons. The van der Waals surface area contributed by atoms with Gasteiger partial charge in [-0.1, -0.05) is 11.8 Å². The van der Waals surface area contributed by atoms with Gasteiger partial charge in [0.25, 0.3) is 0 Å². The van der Waals surface area contributed by atoms with Gasteiger partial charge in [0.15, 0.2) is 0 Å². The highest BCUT2D eigenvalue weighted by atomic mass is 16.5. The van der Waals surface area contributed by atoms with Crippen LogP contribution in [0.1, 0.15) is 25.8 Å². The van der Waals surface area contributed by atoms with Crippen molar-refractivity contribution in [2.24, 2.45) is 5.41 Å². The molecular weight excluding hydrogens is 282 g/mol. The lowest BCUT2D eigenvalue weighted by Gasteiger charge is -2.16. The predicted molar refractivity (Wildman–Crippen MR) is 82.6 cm³/mol. The van der Waals surface area contributed by atoms with E-state index in [0.29, 0.717) is 30.0 Å². The third-order valence-corrected chi connectivity index (χ3v) is 3.48. The molecule has 0 saturated heterocycles. The van der Waals surface area contributed by atoms with Crippen LogP contribution in [0.4, 0.5) is 5.69 Å². The molecule has 0 saturated carbocycles. The molecule has 0 aliphatic carbocycles. The number of methoxy groups -OCH3 is 1. The minimum absolute atomic E-state index is 0.00116. The van der Waals surface area contributed by atoms with Gasteiger partial charge in [0.05, 0.1) is 25.8 Å². The number of hydrogen-bond acceptors (Lipinski definition) is 4. The minimum Gasteiger partial charge on any atom is -0.491 e. The molecule has 0 fully saturated rings. The van der Waals surface area contributed by atoms with E-state index in [1.807, 2.05) is 6.07 Å². The number of ether oxygens (including phenoxy) is 2. The fourth-order valence-electron chi connectivity index (χ4n) is 2.06. The highest BCUT2D eigenvalue weighted by molar-refractivity contribution is 5.95. The third-order valence-electron chi connectivity index (χ3n) is 3.48. The predicted octanol–water partition coefficient (Wildman–Crippen LogP) is 1.98. The summed E-state index contributed by atoms with van der Waals surface area (Å²) >= 11 is 0. The van der Waals surface area contributed by atoms with Crippen molar-refractivity contribution in [3.05, 3.63) is 23.8 Å². The van der Waals surface area contributed by atoms with Gasteiger partial charge in [0.1, 0.15) is 11.2 Å². The molecule has 1 aliphatic rings. The summed E-state index contributed by atoms with van der Waals surface area (Å²) < 4.78 is 10.3. The number of carbonyl (C=O) groups is 2. The van der Waals surface area contributed by atoms with E-state index in [9.17, 15) is 9.59 Å². The maximum atomic E-state index is 11.9. The van der Waals surface area contributed by atoms with E-state index in [-0.39, 0.29) is 11.9 Å². The molecule has 1 aromatic carbocycles. The summed E-state index contributed by atoms with van der Waals surface area (Å²) in [6, 6.07) is 5.39. The summed E-state index contributed by atoms with van der Waals surface area (Å²) in [7, 11) is 3.05. The second-order valence-corrected chi connectivity index (χ2v) is 5.60. The zero-order chi connectivity index (χ0) is 16.3. The van der Waals surface area contributed by atoms with Crippen LogP contribution in [-0.2, 0) is 14.3 Å². The fraction of sp³-hybridized carbons (Fsp3) is 0.412. The summed E-state index contributed by atoms with van der Waals surface area (Å²) in [5.74, 6) is 6.14. The Hall–Kier alpha value is -2.48. The second-order valence-electron chi connectivity index (χ2n) is 5.60. The first kappa shape index (κ1) is 15.9. The van der Waals surface area contributed by atoms with Gasteiger partial charge in [-0.15, -0.1) is 0 Å². The summed E-state index contributed by atoms with van der Waals surface area (Å²) in [6.07, 6.45) is 0.349. The average Bonchev–Trinajstić information content (AvgIpc) is 2.64. The maximum Gasteiger partial charge on any atom is 0.323 e. The molecule has 1 amide bonds. The van der Waals surface area contributed by atoms with Crippen LogP contribution in [0.2, 0.25) is 0 Å². The van der Waals surface area contributed by atoms with Crippen LogP contribution in [0, 0.1) is 17.3 Å². The van der Waals surface area contributed by atoms with Gasteiger partial charge in [0.2, 0.25) is 5.91 Å². The summed E-state index contributed by atoms with van der Waals surface area (Å²) in [4.78, 5) is 25.1. The molecule has 5 heteroatoms. The van der Waals surface area contributed by atoms with Crippen molar-refractivity contribution in [3.8, 4) is 17.6 Å². The molecule has 5 nitrogen and oxygen atoms in total. The first-order valence-corrected chi connectivity index (χ1v) is 7.00. The Morgan fingerprint density at radius 2 is 2.14 bits per heavy atom. The topological polar surface area (TPSA) is 55.8 Å². The van der Waals surface area contributed by atoms with Gasteiger partial charge in [0, 0.05) is 12.6 Å². The van der Waals surface area contributed by atoms with E-state index >= 15 is 0 Å². The lowest BCUT2D eigenvalue weighted by atomic mass is 9.94. The van der Waals surface area contributed by atoms with Gasteiger partial charge < -0.3 is 14.4 Å². The van der Waals surface area contributed by atoms with Crippen LogP contribution in [0.25, 0.3) is 0 Å². The van der Waals surface area contributed by atoms with Gasteiger partial charge in [-0.3, -0.25) is 9.59 Å². The second kappa shape index (κ2) is 6.10. The number of esters is 1. The van der Waals surface area contributed by atoms with Crippen molar-refractivity contribution in [2.45, 2.75) is 20.3 Å². The molecule has 1 heterocycles. The molecule has 116 valence electrons. The van der Waals surface area contributed by atoms with Crippen LogP contribution in [0.5, 0.6) is 5.75 Å². The number of amides is 1. The van der Waals surface area contributed by atoms with Crippen molar-refractivity contribution in [3.63, 3.8) is 0 Å². The van der Waals surface area contributed by atoms with Gasteiger partial charge in [-0.05, 0) is 32.0 Å². The molecule has 0 spiro atoms. The normalized spacial score (nSPS) is 14.2. The summed E-state index contributed by atoms with van der Waals surface area (Å²) in [5, 5.41) is 0. The first-order chi connectivity index (χ1) is 10.3. The molecule has 1 aromatic rings. The Bertz CT molecular complexity index is 667. The molecule has 0 N–H and O–H groups in total. The number of carbonyl (C=O) groups excluding carboxylic acids is 2. The quantitative estimate of drug-likeness (QED) is 0.588. The number of hydrogen-bond donors (Lipinski definition) is 0. The van der Waals surface area contributed by atoms with Crippen molar-refractivity contribution in [2.75, 3.05) is 25.7 Å². The molecule has 2 rings (SSSR count). The summed E-state index contributed by atoms with van der Waals surface area (Å²) in [6.45, 7) is 3.78. The van der Waals surface area contributed by atoms with Crippen molar-refractivity contribution in [1.29, 1.82) is 0 Å². The number of rotatable bonds is 1. The van der Waals surface area contributed by atoms with Crippen LogP contribution in [0.15, 0.2) is 18.2 Å². The Kier molecular flexibility index (Phi) is 4.41. The average molecular weight is 301 g/mol. The number of anilines is 1. The molecule has 0 aromatic heterocycles. The van der Waals surface area contributed by atoms with E-state index < -0.39 is 5.41 Å². The molecule has 1 aliphatic heterocycles. The van der Waals surface area contributed by atoms with Crippen LogP contribution in [-0.4, -0.2) is 32.6 Å². The summed E-state index contributed by atoms with van der Waals surface area (Å²) in [5.41, 5.74) is 0.505. The highest BCUT2D eigenvalue weighted by Crippen LogP contribution is 2.31. The number of nitrogens with zero attached hydrogens (tertiary/aromatic N) is 1. The minimum atomic E-state index is -0.889. The van der Waals surface area contributed by atoms with Gasteiger partial charge in [-0.25, -0.2) is 0 Å². The van der Waals surface area contributed by atoms with E-state index in [1.54, 1.807) is 37.9 Å². The number of fused-ring (bicyclic) bond motifs is 1. The van der Waals surface area contributed by atoms with E-state index in [0.717, 1.165) is 0 Å². The Labute approximate surface area is 130 Å². The van der Waals surface area contributed by atoms with Crippen LogP contribution >= 0.6 is 0 Å². The van der Waals surface area contributed by atoms with Crippen LogP contribution < -0.4 is 9.64 Å². The van der Waals surface area contributed by atoms with Gasteiger partial charge in [-0.2, -0.15) is 0 Å². The van der Waals surface area contributed by atoms with E-state index in [2.05, 4.69) is 11.8 Å². The van der Waals surface area contributed by atoms with E-state index in [1.165, 1.54) is 7.11 Å². The Balaban J connectivity index is 2.35. The third kappa shape index (κ3) is 3.22. The first-order valence-electron chi connectivity index (χ1n) is 7.00. The largest absolute Gasteiger partial charge is 0.491 e. The van der Waals surface area contributed by atoms with Crippen molar-refractivity contribution >= 4 is 17.6 Å². The lowest BCUT2D eigenvalue weighted by Crippen LogP contribution is -2.25. The maximum absolute atomic E-state index is 11.9. The Morgan fingerprint density at radius 3 is 2.82 bits per heavy atom. The number of benzene rings is 1. The molecule has 0 bridgehead atoms. The Morgan fingerprint density at radius 1 is 1.41 bits per heavy atom. The van der Waals surface area contributed by atoms with E-state index in [4.69, 9.17) is 9.47 Å². The van der Waals surface area contributed by atoms with Crippen molar-refractivity contribution in [1.82, 2.24) is 0 Å². The fourth-order valence-corrected chi connectivity index (χ4v) is 2.06. The zero-order valence-electron chi connectivity index (χ0n) is 13.2. The van der Waals surface area contributed by atoms with Crippen molar-refractivity contribution < 1.29 is 19.1 Å². The SMILES string of the molecule is COC(=O)C(C)(C)C#Cc1ccc2c(c1)N(C)C(=O)CCO2. The lowest BCUT2D eigenvalue weighted by molar-refractivity contribution is -0.147. The standard InChI is InChI=1S/C17H19NO4/c1-17(2,16(20)21-4)9-7-12-5-6-14-13(11-12)18(3)15(19)8-10-22-14/h5-6,11H,8,10H2,1-4H3. The highest BCUT2D eigenvalue weighted by Gasteiger charge is 2.26. The zero-order valence-corrected chi connectivity index (χ0v) is 13.2. The molecule has 22 heavy (non-hydrogen) atoms. The molecular formula is C17H19NO4.